The molecule has 17 heavy (non-hydrogen) atoms. The zero-order valence-electron chi connectivity index (χ0n) is 9.69. The van der Waals surface area contributed by atoms with E-state index in [-0.39, 0.29) is 0 Å². The van der Waals surface area contributed by atoms with Gasteiger partial charge in [-0.3, -0.25) is 0 Å². The van der Waals surface area contributed by atoms with Crippen molar-refractivity contribution in [3.05, 3.63) is 10.6 Å². The van der Waals surface area contributed by atoms with Crippen molar-refractivity contribution in [1.82, 2.24) is 4.98 Å². The molecule has 0 bridgehead atoms. The molecule has 1 aliphatic carbocycles. The van der Waals surface area contributed by atoms with Gasteiger partial charge in [-0.1, -0.05) is 11.3 Å². The summed E-state index contributed by atoms with van der Waals surface area (Å²) < 4.78 is 0. The van der Waals surface area contributed by atoms with E-state index in [1.54, 1.807) is 0 Å². The van der Waals surface area contributed by atoms with Crippen LogP contribution in [0.15, 0.2) is 0 Å². The highest BCUT2D eigenvalue weighted by Crippen LogP contribution is 2.44. The standard InChI is InChI=1S/C12H16N2O2S/c15-11(16)10-9(8-4-5-8)13-12(17-10)14-6-2-1-3-7-14/h8H,1-7H2,(H,15,16). The van der Waals surface area contributed by atoms with Crippen LogP contribution in [0.4, 0.5) is 5.13 Å². The van der Waals surface area contributed by atoms with Gasteiger partial charge < -0.3 is 10.0 Å². The highest BCUT2D eigenvalue weighted by molar-refractivity contribution is 7.17. The van der Waals surface area contributed by atoms with Gasteiger partial charge >= 0.3 is 5.97 Å². The monoisotopic (exact) mass is 252 g/mol. The lowest BCUT2D eigenvalue weighted by molar-refractivity contribution is 0.0700. The Morgan fingerprint density at radius 1 is 1.29 bits per heavy atom. The molecule has 0 atom stereocenters. The van der Waals surface area contributed by atoms with Crippen LogP contribution < -0.4 is 4.90 Å². The molecular weight excluding hydrogens is 236 g/mol. The highest BCUT2D eigenvalue weighted by Gasteiger charge is 2.33. The zero-order chi connectivity index (χ0) is 11.8. The van der Waals surface area contributed by atoms with E-state index in [0.29, 0.717) is 10.8 Å². The lowest BCUT2D eigenvalue weighted by Gasteiger charge is -2.25. The summed E-state index contributed by atoms with van der Waals surface area (Å²) in [6.45, 7) is 2.05. The van der Waals surface area contributed by atoms with Crippen LogP contribution in [0.1, 0.15) is 53.4 Å². The predicted octanol–water partition coefficient (Wildman–Crippen LogP) is 2.71. The van der Waals surface area contributed by atoms with E-state index >= 15 is 0 Å². The number of nitrogens with zero attached hydrogens (tertiary/aromatic N) is 2. The predicted molar refractivity (Wildman–Crippen MR) is 67.1 cm³/mol. The maximum Gasteiger partial charge on any atom is 0.347 e. The molecule has 0 amide bonds. The molecule has 0 radical (unpaired) electrons. The maximum atomic E-state index is 11.2. The number of aromatic carboxylic acids is 1. The van der Waals surface area contributed by atoms with Crippen molar-refractivity contribution < 1.29 is 9.90 Å². The number of piperidine rings is 1. The van der Waals surface area contributed by atoms with Crippen LogP contribution in [0.2, 0.25) is 0 Å². The molecule has 1 aliphatic heterocycles. The third-order valence-electron chi connectivity index (χ3n) is 3.43. The molecule has 1 saturated heterocycles. The molecule has 2 fully saturated rings. The van der Waals surface area contributed by atoms with Gasteiger partial charge in [-0.15, -0.1) is 0 Å². The summed E-state index contributed by atoms with van der Waals surface area (Å²) in [6, 6.07) is 0. The summed E-state index contributed by atoms with van der Waals surface area (Å²) in [4.78, 5) is 18.5. The number of hydrogen-bond acceptors (Lipinski definition) is 4. The summed E-state index contributed by atoms with van der Waals surface area (Å²) >= 11 is 1.36. The van der Waals surface area contributed by atoms with Crippen LogP contribution in [0.3, 0.4) is 0 Å². The van der Waals surface area contributed by atoms with Gasteiger partial charge in [0.1, 0.15) is 4.88 Å². The second-order valence-electron chi connectivity index (χ2n) is 4.84. The third-order valence-corrected chi connectivity index (χ3v) is 4.55. The Labute approximate surface area is 104 Å². The van der Waals surface area contributed by atoms with Gasteiger partial charge in [0.15, 0.2) is 5.13 Å². The molecule has 92 valence electrons. The summed E-state index contributed by atoms with van der Waals surface area (Å²) in [5.74, 6) is -0.399. The quantitative estimate of drug-likeness (QED) is 0.898. The van der Waals surface area contributed by atoms with Gasteiger partial charge in [-0.05, 0) is 32.1 Å². The first-order valence-corrected chi connectivity index (χ1v) is 7.06. The number of aromatic nitrogens is 1. The van der Waals surface area contributed by atoms with E-state index in [4.69, 9.17) is 0 Å². The van der Waals surface area contributed by atoms with Crippen molar-refractivity contribution in [1.29, 1.82) is 0 Å². The van der Waals surface area contributed by atoms with Gasteiger partial charge in [-0.25, -0.2) is 9.78 Å². The van der Waals surface area contributed by atoms with Crippen LogP contribution in [0, 0.1) is 0 Å². The normalized spacial score (nSPS) is 20.6. The zero-order valence-corrected chi connectivity index (χ0v) is 10.5. The van der Waals surface area contributed by atoms with Crippen molar-refractivity contribution >= 4 is 22.4 Å². The SMILES string of the molecule is O=C(O)c1sc(N2CCCCC2)nc1C1CC1. The van der Waals surface area contributed by atoms with Crippen molar-refractivity contribution in [2.75, 3.05) is 18.0 Å². The minimum atomic E-state index is -0.812. The summed E-state index contributed by atoms with van der Waals surface area (Å²) in [5.41, 5.74) is 0.836. The number of thiazole rings is 1. The molecule has 0 unspecified atom stereocenters. The fourth-order valence-electron chi connectivity index (χ4n) is 2.33. The van der Waals surface area contributed by atoms with Gasteiger partial charge in [0.2, 0.25) is 0 Å². The van der Waals surface area contributed by atoms with E-state index in [9.17, 15) is 9.90 Å². The lowest BCUT2D eigenvalue weighted by Crippen LogP contribution is -2.29. The molecule has 2 aliphatic rings. The van der Waals surface area contributed by atoms with E-state index in [2.05, 4.69) is 9.88 Å². The molecule has 0 spiro atoms. The average Bonchev–Trinajstić information content (AvgIpc) is 3.09. The highest BCUT2D eigenvalue weighted by atomic mass is 32.1. The second kappa shape index (κ2) is 4.29. The fourth-order valence-corrected chi connectivity index (χ4v) is 3.37. The van der Waals surface area contributed by atoms with Crippen molar-refractivity contribution in [2.45, 2.75) is 38.0 Å². The number of anilines is 1. The fraction of sp³-hybridized carbons (Fsp3) is 0.667. The number of carboxylic acid groups (broad SMARTS) is 1. The summed E-state index contributed by atoms with van der Waals surface area (Å²) in [6.07, 6.45) is 5.87. The Balaban J connectivity index is 1.89. The molecule has 0 aromatic carbocycles. The van der Waals surface area contributed by atoms with Crippen molar-refractivity contribution in [3.8, 4) is 0 Å². The molecule has 4 nitrogen and oxygen atoms in total. The third kappa shape index (κ3) is 2.16. The van der Waals surface area contributed by atoms with E-state index in [1.165, 1.54) is 30.6 Å². The number of rotatable bonds is 3. The first-order chi connectivity index (χ1) is 8.25. The van der Waals surface area contributed by atoms with Crippen LogP contribution in [-0.4, -0.2) is 29.1 Å². The molecule has 3 rings (SSSR count). The van der Waals surface area contributed by atoms with Gasteiger partial charge in [0.05, 0.1) is 5.69 Å². The lowest BCUT2D eigenvalue weighted by atomic mass is 10.1. The summed E-state index contributed by atoms with van der Waals surface area (Å²) in [7, 11) is 0. The number of carboxylic acids is 1. The van der Waals surface area contributed by atoms with Crippen LogP contribution in [0.25, 0.3) is 0 Å². The van der Waals surface area contributed by atoms with E-state index < -0.39 is 5.97 Å². The maximum absolute atomic E-state index is 11.2. The van der Waals surface area contributed by atoms with Crippen LogP contribution >= 0.6 is 11.3 Å². The Hall–Kier alpha value is -1.10. The number of hydrogen-bond donors (Lipinski definition) is 1. The summed E-state index contributed by atoms with van der Waals surface area (Å²) in [5, 5.41) is 10.1. The smallest absolute Gasteiger partial charge is 0.347 e. The second-order valence-corrected chi connectivity index (χ2v) is 5.82. The Bertz CT molecular complexity index is 434. The molecule has 1 aromatic heterocycles. The van der Waals surface area contributed by atoms with Crippen molar-refractivity contribution in [2.24, 2.45) is 0 Å². The molecular formula is C12H16N2O2S. The van der Waals surface area contributed by atoms with Crippen LogP contribution in [0.5, 0.6) is 0 Å². The molecule has 5 heteroatoms. The van der Waals surface area contributed by atoms with Gasteiger partial charge in [-0.2, -0.15) is 0 Å². The molecule has 2 heterocycles. The van der Waals surface area contributed by atoms with Gasteiger partial charge in [0, 0.05) is 19.0 Å². The molecule has 1 aromatic rings. The van der Waals surface area contributed by atoms with E-state index in [1.807, 2.05) is 0 Å². The van der Waals surface area contributed by atoms with E-state index in [0.717, 1.165) is 36.8 Å². The minimum absolute atomic E-state index is 0.413. The Kier molecular flexibility index (Phi) is 2.78. The average molecular weight is 252 g/mol. The minimum Gasteiger partial charge on any atom is -0.477 e. The first-order valence-electron chi connectivity index (χ1n) is 6.24. The topological polar surface area (TPSA) is 53.4 Å². The van der Waals surface area contributed by atoms with Crippen LogP contribution in [-0.2, 0) is 0 Å². The number of carbonyl (C=O) groups is 1. The Morgan fingerprint density at radius 3 is 2.59 bits per heavy atom. The molecule has 1 N–H and O–H groups in total. The van der Waals surface area contributed by atoms with Gasteiger partial charge in [0.25, 0.3) is 0 Å². The Morgan fingerprint density at radius 2 is 2.00 bits per heavy atom. The largest absolute Gasteiger partial charge is 0.477 e. The van der Waals surface area contributed by atoms with Crippen molar-refractivity contribution in [3.63, 3.8) is 0 Å². The first kappa shape index (κ1) is 11.0. The molecule has 1 saturated carbocycles.